The van der Waals surface area contributed by atoms with E-state index in [2.05, 4.69) is 48.8 Å². The molecule has 140 valence electrons. The van der Waals surface area contributed by atoms with Gasteiger partial charge in [-0.2, -0.15) is 0 Å². The van der Waals surface area contributed by atoms with Crippen LogP contribution in [0.1, 0.15) is 10.4 Å². The Balaban J connectivity index is 1.66. The van der Waals surface area contributed by atoms with Crippen LogP contribution in [0.5, 0.6) is 0 Å². The number of nitrogens with zero attached hydrogens (tertiary/aromatic N) is 1. The third-order valence-electron chi connectivity index (χ3n) is 3.98. The van der Waals surface area contributed by atoms with Gasteiger partial charge in [0.05, 0.1) is 16.1 Å². The molecule has 0 fully saturated rings. The maximum absolute atomic E-state index is 12.6. The third-order valence-corrected chi connectivity index (χ3v) is 5.98. The van der Waals surface area contributed by atoms with Crippen LogP contribution >= 0.6 is 61.7 Å². The summed E-state index contributed by atoms with van der Waals surface area (Å²) in [5, 5.41) is 3.93. The number of oxazole rings is 1. The van der Waals surface area contributed by atoms with Crippen LogP contribution in [-0.2, 0) is 0 Å². The van der Waals surface area contributed by atoms with Crippen molar-refractivity contribution in [2.75, 3.05) is 5.32 Å². The number of benzene rings is 3. The van der Waals surface area contributed by atoms with Crippen LogP contribution in [-0.4, -0.2) is 10.9 Å². The first kappa shape index (κ1) is 19.7. The Labute approximate surface area is 192 Å². The van der Waals surface area contributed by atoms with Crippen molar-refractivity contribution in [1.82, 2.24) is 4.98 Å². The fourth-order valence-electron chi connectivity index (χ4n) is 2.65. The molecule has 0 bridgehead atoms. The van der Waals surface area contributed by atoms with E-state index < -0.39 is 0 Å². The van der Waals surface area contributed by atoms with Gasteiger partial charge >= 0.3 is 0 Å². The Bertz CT molecular complexity index is 1230. The second-order valence-corrected chi connectivity index (χ2v) is 8.83. The van der Waals surface area contributed by atoms with Gasteiger partial charge in [-0.1, -0.05) is 39.1 Å². The van der Waals surface area contributed by atoms with E-state index in [9.17, 15) is 4.79 Å². The Hall–Kier alpha value is -1.61. The number of hydrogen-bond acceptors (Lipinski definition) is 3. The molecule has 0 atom stereocenters. The molecular weight excluding hydrogens is 578 g/mol. The van der Waals surface area contributed by atoms with Gasteiger partial charge in [0.2, 0.25) is 5.89 Å². The lowest BCUT2D eigenvalue weighted by Gasteiger charge is -2.07. The topological polar surface area (TPSA) is 55.1 Å². The second kappa shape index (κ2) is 8.02. The van der Waals surface area contributed by atoms with E-state index in [0.29, 0.717) is 43.9 Å². The number of aromatic nitrogens is 1. The molecule has 8 heteroatoms. The van der Waals surface area contributed by atoms with E-state index >= 15 is 0 Å². The number of carbonyl (C=O) groups is 1. The van der Waals surface area contributed by atoms with Gasteiger partial charge in [-0.05, 0) is 77.2 Å². The molecule has 1 N–H and O–H groups in total. The maximum Gasteiger partial charge on any atom is 0.256 e. The summed E-state index contributed by atoms with van der Waals surface area (Å²) in [6.45, 7) is 0. The molecule has 0 spiro atoms. The van der Waals surface area contributed by atoms with E-state index in [1.807, 2.05) is 12.1 Å². The van der Waals surface area contributed by atoms with E-state index in [1.165, 1.54) is 0 Å². The first-order valence-corrected chi connectivity index (χ1v) is 10.7. The molecule has 0 saturated carbocycles. The minimum atomic E-state index is -0.202. The SMILES string of the molecule is O=C(Nc1ccc2oc(-c3cc(Cl)ccc3Cl)nc2c1)c1cc(Br)ccc1I. The van der Waals surface area contributed by atoms with Gasteiger partial charge in [0, 0.05) is 18.8 Å². The molecule has 1 amide bonds. The highest BCUT2D eigenvalue weighted by Crippen LogP contribution is 2.33. The van der Waals surface area contributed by atoms with Gasteiger partial charge in [-0.25, -0.2) is 4.98 Å². The molecule has 0 saturated heterocycles. The summed E-state index contributed by atoms with van der Waals surface area (Å²) in [6.07, 6.45) is 0. The average molecular weight is 588 g/mol. The number of halogens is 4. The van der Waals surface area contributed by atoms with E-state index in [0.717, 1.165) is 8.04 Å². The molecule has 4 rings (SSSR count). The van der Waals surface area contributed by atoms with Crippen molar-refractivity contribution in [2.24, 2.45) is 0 Å². The number of anilines is 1. The van der Waals surface area contributed by atoms with Crippen LogP contribution in [0.3, 0.4) is 0 Å². The predicted molar refractivity (Wildman–Crippen MR) is 124 cm³/mol. The predicted octanol–water partition coefficient (Wildman–Crippen LogP) is 7.42. The van der Waals surface area contributed by atoms with Gasteiger partial charge in [0.1, 0.15) is 5.52 Å². The van der Waals surface area contributed by atoms with Crippen molar-refractivity contribution in [3.63, 3.8) is 0 Å². The lowest BCUT2D eigenvalue weighted by Crippen LogP contribution is -2.13. The molecule has 0 aliphatic rings. The average Bonchev–Trinajstić information content (AvgIpc) is 3.08. The largest absolute Gasteiger partial charge is 0.436 e. The second-order valence-electron chi connectivity index (χ2n) is 5.90. The summed E-state index contributed by atoms with van der Waals surface area (Å²) in [5.41, 5.74) is 3.00. The van der Waals surface area contributed by atoms with E-state index in [-0.39, 0.29) is 5.91 Å². The number of carbonyl (C=O) groups excluding carboxylic acids is 1. The normalized spacial score (nSPS) is 11.0. The van der Waals surface area contributed by atoms with Crippen LogP contribution in [0.15, 0.2) is 63.5 Å². The number of hydrogen-bond donors (Lipinski definition) is 1. The lowest BCUT2D eigenvalue weighted by molar-refractivity contribution is 0.102. The van der Waals surface area contributed by atoms with E-state index in [4.69, 9.17) is 27.6 Å². The molecule has 4 aromatic rings. The Morgan fingerprint density at radius 1 is 1.07 bits per heavy atom. The fourth-order valence-corrected chi connectivity index (χ4v) is 3.96. The summed E-state index contributed by atoms with van der Waals surface area (Å²) in [5.74, 6) is 0.166. The van der Waals surface area contributed by atoms with Gasteiger partial charge < -0.3 is 9.73 Å². The van der Waals surface area contributed by atoms with Crippen molar-refractivity contribution in [1.29, 1.82) is 0 Å². The highest BCUT2D eigenvalue weighted by molar-refractivity contribution is 14.1. The van der Waals surface area contributed by atoms with Crippen LogP contribution in [0.4, 0.5) is 5.69 Å². The first-order valence-electron chi connectivity index (χ1n) is 8.03. The zero-order valence-corrected chi connectivity index (χ0v) is 19.2. The zero-order chi connectivity index (χ0) is 19.8. The Morgan fingerprint density at radius 2 is 1.89 bits per heavy atom. The molecule has 3 aromatic carbocycles. The molecule has 0 radical (unpaired) electrons. The Morgan fingerprint density at radius 3 is 2.71 bits per heavy atom. The maximum atomic E-state index is 12.6. The van der Waals surface area contributed by atoms with Crippen molar-refractivity contribution in [3.05, 3.63) is 78.2 Å². The van der Waals surface area contributed by atoms with Crippen molar-refractivity contribution < 1.29 is 9.21 Å². The minimum absolute atomic E-state index is 0.202. The van der Waals surface area contributed by atoms with Crippen molar-refractivity contribution in [2.45, 2.75) is 0 Å². The molecule has 1 aromatic heterocycles. The first-order chi connectivity index (χ1) is 13.4. The van der Waals surface area contributed by atoms with E-state index in [1.54, 1.807) is 42.5 Å². The fraction of sp³-hybridized carbons (Fsp3) is 0. The van der Waals surface area contributed by atoms with Crippen LogP contribution in [0.2, 0.25) is 10.0 Å². The molecule has 28 heavy (non-hydrogen) atoms. The summed E-state index contributed by atoms with van der Waals surface area (Å²) >= 11 is 17.8. The number of nitrogens with one attached hydrogen (secondary N) is 1. The van der Waals surface area contributed by atoms with Crippen LogP contribution in [0, 0.1) is 3.57 Å². The van der Waals surface area contributed by atoms with Crippen molar-refractivity contribution >= 4 is 84.4 Å². The van der Waals surface area contributed by atoms with Gasteiger partial charge in [-0.3, -0.25) is 4.79 Å². The Kier molecular flexibility index (Phi) is 5.64. The van der Waals surface area contributed by atoms with Crippen LogP contribution in [0.25, 0.3) is 22.6 Å². The van der Waals surface area contributed by atoms with Gasteiger partial charge in [0.15, 0.2) is 5.58 Å². The molecule has 1 heterocycles. The monoisotopic (exact) mass is 586 g/mol. The van der Waals surface area contributed by atoms with Crippen molar-refractivity contribution in [3.8, 4) is 11.5 Å². The lowest BCUT2D eigenvalue weighted by atomic mass is 10.2. The molecule has 0 aliphatic heterocycles. The smallest absolute Gasteiger partial charge is 0.256 e. The van der Waals surface area contributed by atoms with Gasteiger partial charge in [0.25, 0.3) is 5.91 Å². The molecule has 4 nitrogen and oxygen atoms in total. The summed E-state index contributed by atoms with van der Waals surface area (Å²) in [7, 11) is 0. The molecule has 0 aliphatic carbocycles. The number of fused-ring (bicyclic) bond motifs is 1. The number of amides is 1. The van der Waals surface area contributed by atoms with Gasteiger partial charge in [-0.15, -0.1) is 0 Å². The van der Waals surface area contributed by atoms with Crippen LogP contribution < -0.4 is 5.32 Å². The number of rotatable bonds is 3. The molecular formula is C20H10BrCl2IN2O2. The minimum Gasteiger partial charge on any atom is -0.436 e. The summed E-state index contributed by atoms with van der Waals surface area (Å²) < 4.78 is 7.50. The highest BCUT2D eigenvalue weighted by atomic mass is 127. The molecule has 0 unspecified atom stereocenters. The summed E-state index contributed by atoms with van der Waals surface area (Å²) in [6, 6.07) is 15.9. The highest BCUT2D eigenvalue weighted by Gasteiger charge is 2.15. The quantitative estimate of drug-likeness (QED) is 0.254. The standard InChI is InChI=1S/C20H10BrCl2IN2O2/c21-10-1-5-16(24)14(7-10)19(27)25-12-3-6-18-17(9-12)26-20(28-18)13-8-11(22)2-4-15(13)23/h1-9H,(H,25,27). The summed E-state index contributed by atoms with van der Waals surface area (Å²) in [4.78, 5) is 17.1. The zero-order valence-electron chi connectivity index (χ0n) is 14.0. The third kappa shape index (κ3) is 4.05.